The van der Waals surface area contributed by atoms with E-state index in [1.165, 1.54) is 0 Å². The van der Waals surface area contributed by atoms with Crippen molar-refractivity contribution in [2.45, 2.75) is 25.9 Å². The van der Waals surface area contributed by atoms with Crippen molar-refractivity contribution in [3.63, 3.8) is 0 Å². The largest absolute Gasteiger partial charge is 0.467 e. The summed E-state index contributed by atoms with van der Waals surface area (Å²) in [4.78, 5) is 18.4. The monoisotopic (exact) mass is 366 g/mol. The number of likely N-dealkylation sites (tertiary alicyclic amines) is 1. The molecule has 0 radical (unpaired) electrons. The summed E-state index contributed by atoms with van der Waals surface area (Å²) in [6.07, 6.45) is 9.12. The van der Waals surface area contributed by atoms with Crippen LogP contribution in [0.15, 0.2) is 53.5 Å². The minimum Gasteiger partial charge on any atom is -0.467 e. The molecule has 27 heavy (non-hydrogen) atoms. The molecule has 8 nitrogen and oxygen atoms in total. The van der Waals surface area contributed by atoms with Gasteiger partial charge >= 0.3 is 6.03 Å². The molecule has 1 unspecified atom stereocenters. The summed E-state index contributed by atoms with van der Waals surface area (Å²) in [5.74, 6) is 1.11. The number of urea groups is 1. The van der Waals surface area contributed by atoms with E-state index < -0.39 is 0 Å². The fourth-order valence-corrected chi connectivity index (χ4v) is 3.38. The first kappa shape index (κ1) is 17.3. The van der Waals surface area contributed by atoms with Gasteiger partial charge in [-0.05, 0) is 43.0 Å². The molecule has 4 rings (SSSR count). The van der Waals surface area contributed by atoms with Crippen LogP contribution in [0.2, 0.25) is 0 Å². The van der Waals surface area contributed by atoms with E-state index in [0.29, 0.717) is 19.0 Å². The van der Waals surface area contributed by atoms with Gasteiger partial charge < -0.3 is 14.6 Å². The second kappa shape index (κ2) is 8.03. The van der Waals surface area contributed by atoms with E-state index in [1.807, 2.05) is 40.0 Å². The number of pyridine rings is 1. The second-order valence-electron chi connectivity index (χ2n) is 6.76. The van der Waals surface area contributed by atoms with Crippen molar-refractivity contribution < 1.29 is 9.21 Å². The molecule has 1 atom stereocenters. The Morgan fingerprint density at radius 1 is 1.33 bits per heavy atom. The summed E-state index contributed by atoms with van der Waals surface area (Å²) in [5, 5.41) is 11.4. The average molecular weight is 366 g/mol. The maximum Gasteiger partial charge on any atom is 0.317 e. The number of rotatable bonds is 5. The van der Waals surface area contributed by atoms with Crippen LogP contribution in [-0.2, 0) is 13.1 Å². The standard InChI is InChI=1S/C19H22N6O2/c26-19(21-11-17-6-3-9-27-17)24-8-2-4-15(12-24)13-25-14-18(22-23-25)16-5-1-7-20-10-16/h1,3,5-7,9-10,14-15H,2,4,8,11-13H2,(H,21,26). The van der Waals surface area contributed by atoms with Crippen LogP contribution >= 0.6 is 0 Å². The highest BCUT2D eigenvalue weighted by Gasteiger charge is 2.24. The zero-order valence-electron chi connectivity index (χ0n) is 15.0. The zero-order chi connectivity index (χ0) is 18.5. The van der Waals surface area contributed by atoms with E-state index in [2.05, 4.69) is 20.6 Å². The molecule has 3 aromatic heterocycles. The number of amides is 2. The Bertz CT molecular complexity index is 861. The molecule has 140 valence electrons. The number of piperidine rings is 1. The number of aromatic nitrogens is 4. The Morgan fingerprint density at radius 3 is 3.11 bits per heavy atom. The van der Waals surface area contributed by atoms with E-state index >= 15 is 0 Å². The van der Waals surface area contributed by atoms with Crippen molar-refractivity contribution in [1.29, 1.82) is 0 Å². The number of carbonyl (C=O) groups is 1. The van der Waals surface area contributed by atoms with Gasteiger partial charge in [-0.2, -0.15) is 0 Å². The molecular formula is C19H22N6O2. The lowest BCUT2D eigenvalue weighted by Gasteiger charge is -2.32. The highest BCUT2D eigenvalue weighted by molar-refractivity contribution is 5.74. The molecule has 1 saturated heterocycles. The van der Waals surface area contributed by atoms with Gasteiger partial charge in [-0.15, -0.1) is 5.10 Å². The molecule has 0 aliphatic carbocycles. The van der Waals surface area contributed by atoms with Crippen LogP contribution in [0.1, 0.15) is 18.6 Å². The van der Waals surface area contributed by atoms with Crippen LogP contribution in [0.25, 0.3) is 11.3 Å². The summed E-state index contributed by atoms with van der Waals surface area (Å²) >= 11 is 0. The lowest BCUT2D eigenvalue weighted by atomic mass is 9.98. The van der Waals surface area contributed by atoms with Crippen molar-refractivity contribution in [2.75, 3.05) is 13.1 Å². The third-order valence-electron chi connectivity index (χ3n) is 4.74. The van der Waals surface area contributed by atoms with Crippen LogP contribution in [0.5, 0.6) is 0 Å². The molecule has 2 amide bonds. The van der Waals surface area contributed by atoms with Crippen molar-refractivity contribution in [1.82, 2.24) is 30.2 Å². The highest BCUT2D eigenvalue weighted by atomic mass is 16.3. The fourth-order valence-electron chi connectivity index (χ4n) is 3.38. The summed E-state index contributed by atoms with van der Waals surface area (Å²) < 4.78 is 7.11. The summed E-state index contributed by atoms with van der Waals surface area (Å²) in [6.45, 7) is 2.64. The SMILES string of the molecule is O=C(NCc1ccco1)N1CCCC(Cn2cc(-c3cccnc3)nn2)C1. The van der Waals surface area contributed by atoms with Crippen molar-refractivity contribution in [3.05, 3.63) is 54.9 Å². The molecule has 0 bridgehead atoms. The molecule has 4 heterocycles. The van der Waals surface area contributed by atoms with Crippen molar-refractivity contribution in [2.24, 2.45) is 5.92 Å². The zero-order valence-corrected chi connectivity index (χ0v) is 15.0. The van der Waals surface area contributed by atoms with Crippen molar-refractivity contribution in [3.8, 4) is 11.3 Å². The quantitative estimate of drug-likeness (QED) is 0.750. The molecule has 0 spiro atoms. The Labute approximate surface area is 157 Å². The van der Waals surface area contributed by atoms with E-state index in [-0.39, 0.29) is 6.03 Å². The van der Waals surface area contributed by atoms with E-state index in [4.69, 9.17) is 4.42 Å². The van der Waals surface area contributed by atoms with Gasteiger partial charge in [0.2, 0.25) is 0 Å². The van der Waals surface area contributed by atoms with Gasteiger partial charge in [-0.25, -0.2) is 4.79 Å². The predicted molar refractivity (Wildman–Crippen MR) is 98.5 cm³/mol. The first-order valence-electron chi connectivity index (χ1n) is 9.13. The van der Waals surface area contributed by atoms with E-state index in [0.717, 1.165) is 42.9 Å². The molecule has 1 aliphatic rings. The van der Waals surface area contributed by atoms with Gasteiger partial charge in [-0.3, -0.25) is 9.67 Å². The summed E-state index contributed by atoms with van der Waals surface area (Å²) in [5.41, 5.74) is 1.76. The van der Waals surface area contributed by atoms with Gasteiger partial charge in [0.25, 0.3) is 0 Å². The molecule has 1 fully saturated rings. The molecular weight excluding hydrogens is 344 g/mol. The van der Waals surface area contributed by atoms with Crippen LogP contribution in [-0.4, -0.2) is 44.0 Å². The third-order valence-corrected chi connectivity index (χ3v) is 4.74. The van der Waals surface area contributed by atoms with E-state index in [9.17, 15) is 4.79 Å². The number of nitrogens with zero attached hydrogens (tertiary/aromatic N) is 5. The van der Waals surface area contributed by atoms with Gasteiger partial charge in [0.05, 0.1) is 19.0 Å². The smallest absolute Gasteiger partial charge is 0.317 e. The van der Waals surface area contributed by atoms with Crippen LogP contribution in [0, 0.1) is 5.92 Å². The lowest BCUT2D eigenvalue weighted by Crippen LogP contribution is -2.46. The number of nitrogens with one attached hydrogen (secondary N) is 1. The number of carbonyl (C=O) groups excluding carboxylic acids is 1. The predicted octanol–water partition coefficient (Wildman–Crippen LogP) is 2.55. The van der Waals surface area contributed by atoms with Crippen LogP contribution in [0.4, 0.5) is 4.79 Å². The van der Waals surface area contributed by atoms with Crippen LogP contribution in [0.3, 0.4) is 0 Å². The first-order valence-corrected chi connectivity index (χ1v) is 9.13. The van der Waals surface area contributed by atoms with Gasteiger partial charge in [-0.1, -0.05) is 5.21 Å². The topological polar surface area (TPSA) is 89.1 Å². The normalized spacial score (nSPS) is 17.0. The Morgan fingerprint density at radius 2 is 2.30 bits per heavy atom. The minimum absolute atomic E-state index is 0.0502. The Hall–Kier alpha value is -3.16. The van der Waals surface area contributed by atoms with Crippen LogP contribution < -0.4 is 5.32 Å². The molecule has 0 saturated carbocycles. The fraction of sp³-hybridized carbons (Fsp3) is 0.368. The number of hydrogen-bond donors (Lipinski definition) is 1. The van der Waals surface area contributed by atoms with Crippen molar-refractivity contribution >= 4 is 6.03 Å². The first-order chi connectivity index (χ1) is 13.3. The average Bonchev–Trinajstić information content (AvgIpc) is 3.39. The van der Waals surface area contributed by atoms with E-state index in [1.54, 1.807) is 18.7 Å². The lowest BCUT2D eigenvalue weighted by molar-refractivity contribution is 0.156. The minimum atomic E-state index is -0.0502. The number of furan rings is 1. The molecule has 1 N–H and O–H groups in total. The summed E-state index contributed by atoms with van der Waals surface area (Å²) in [6, 6.07) is 7.47. The maximum absolute atomic E-state index is 12.4. The molecule has 0 aromatic carbocycles. The Balaban J connectivity index is 1.32. The third kappa shape index (κ3) is 4.33. The second-order valence-corrected chi connectivity index (χ2v) is 6.76. The molecule has 3 aromatic rings. The maximum atomic E-state index is 12.4. The Kier molecular flexibility index (Phi) is 5.13. The number of hydrogen-bond acceptors (Lipinski definition) is 5. The van der Waals surface area contributed by atoms with Gasteiger partial charge in [0.1, 0.15) is 11.5 Å². The highest BCUT2D eigenvalue weighted by Crippen LogP contribution is 2.20. The summed E-state index contributed by atoms with van der Waals surface area (Å²) in [7, 11) is 0. The van der Waals surface area contributed by atoms with Gasteiger partial charge in [0.15, 0.2) is 0 Å². The molecule has 1 aliphatic heterocycles. The van der Waals surface area contributed by atoms with Gasteiger partial charge in [0, 0.05) is 37.6 Å². The molecule has 8 heteroatoms.